The molecular formula is C9H15ClN2. The zero-order valence-electron chi connectivity index (χ0n) is 7.27. The summed E-state index contributed by atoms with van der Waals surface area (Å²) >= 11 is 5.60. The molecule has 12 heavy (non-hydrogen) atoms. The normalized spacial score (nSPS) is 29.7. The van der Waals surface area contributed by atoms with E-state index in [4.69, 9.17) is 16.9 Å². The number of nitrogens with one attached hydrogen (secondary N) is 1. The van der Waals surface area contributed by atoms with Crippen molar-refractivity contribution in [1.82, 2.24) is 5.32 Å². The van der Waals surface area contributed by atoms with Gasteiger partial charge in [0.25, 0.3) is 0 Å². The third-order valence-electron chi connectivity index (χ3n) is 2.44. The summed E-state index contributed by atoms with van der Waals surface area (Å²) in [7, 11) is 0. The molecule has 1 saturated heterocycles. The number of halogens is 1. The Morgan fingerprint density at radius 1 is 1.50 bits per heavy atom. The zero-order chi connectivity index (χ0) is 8.86. The average molecular weight is 187 g/mol. The van der Waals surface area contributed by atoms with Crippen LogP contribution in [0.25, 0.3) is 0 Å². The van der Waals surface area contributed by atoms with Gasteiger partial charge in [-0.1, -0.05) is 0 Å². The Balaban J connectivity index is 2.44. The quantitative estimate of drug-likeness (QED) is 0.685. The Morgan fingerprint density at radius 3 is 2.83 bits per heavy atom. The Labute approximate surface area is 78.9 Å². The van der Waals surface area contributed by atoms with Crippen LogP contribution in [0.2, 0.25) is 0 Å². The van der Waals surface area contributed by atoms with E-state index < -0.39 is 0 Å². The van der Waals surface area contributed by atoms with Gasteiger partial charge in [-0.3, -0.25) is 5.32 Å². The van der Waals surface area contributed by atoms with E-state index in [9.17, 15) is 0 Å². The van der Waals surface area contributed by atoms with E-state index in [0.29, 0.717) is 5.88 Å². The summed E-state index contributed by atoms with van der Waals surface area (Å²) in [6, 6.07) is 2.38. The highest BCUT2D eigenvalue weighted by Gasteiger charge is 2.30. The first-order valence-electron chi connectivity index (χ1n) is 4.55. The number of piperidine rings is 1. The van der Waals surface area contributed by atoms with Crippen molar-refractivity contribution >= 4 is 11.6 Å². The first-order chi connectivity index (χ1) is 5.83. The summed E-state index contributed by atoms with van der Waals surface area (Å²) in [6.07, 6.45) is 5.18. The van der Waals surface area contributed by atoms with Crippen LogP contribution in [0.5, 0.6) is 0 Å². The van der Waals surface area contributed by atoms with Crippen molar-refractivity contribution in [2.24, 2.45) is 0 Å². The fourth-order valence-corrected chi connectivity index (χ4v) is 1.83. The van der Waals surface area contributed by atoms with Gasteiger partial charge in [0.05, 0.1) is 6.07 Å². The number of rotatable bonds is 3. The van der Waals surface area contributed by atoms with Crippen molar-refractivity contribution in [1.29, 1.82) is 5.26 Å². The third-order valence-corrected chi connectivity index (χ3v) is 2.71. The van der Waals surface area contributed by atoms with Gasteiger partial charge in [0, 0.05) is 5.88 Å². The van der Waals surface area contributed by atoms with E-state index in [2.05, 4.69) is 11.4 Å². The smallest absolute Gasteiger partial charge is 0.106 e. The topological polar surface area (TPSA) is 35.8 Å². The largest absolute Gasteiger partial charge is 0.299 e. The van der Waals surface area contributed by atoms with Crippen molar-refractivity contribution in [3.8, 4) is 6.07 Å². The minimum Gasteiger partial charge on any atom is -0.299 e. The van der Waals surface area contributed by atoms with Crippen LogP contribution in [0.15, 0.2) is 0 Å². The van der Waals surface area contributed by atoms with Crippen LogP contribution in [0.1, 0.15) is 32.1 Å². The Morgan fingerprint density at radius 2 is 2.33 bits per heavy atom. The second-order valence-corrected chi connectivity index (χ2v) is 3.75. The monoisotopic (exact) mass is 186 g/mol. The maximum atomic E-state index is 9.01. The van der Waals surface area contributed by atoms with Crippen LogP contribution in [0.4, 0.5) is 0 Å². The van der Waals surface area contributed by atoms with Crippen molar-refractivity contribution in [2.45, 2.75) is 37.6 Å². The van der Waals surface area contributed by atoms with Gasteiger partial charge in [0.1, 0.15) is 5.54 Å². The molecule has 1 N–H and O–H groups in total. The van der Waals surface area contributed by atoms with Gasteiger partial charge in [-0.2, -0.15) is 5.26 Å². The molecule has 1 fully saturated rings. The number of hydrogen-bond donors (Lipinski definition) is 1. The second-order valence-electron chi connectivity index (χ2n) is 3.37. The standard InChI is InChI=1S/C9H15ClN2/c10-6-3-5-9(8-11)4-1-2-7-12-9/h12H,1-7H2. The Bertz CT molecular complexity index is 168. The molecule has 0 saturated carbocycles. The maximum absolute atomic E-state index is 9.01. The Hall–Kier alpha value is -0.260. The predicted molar refractivity (Wildman–Crippen MR) is 50.2 cm³/mol. The summed E-state index contributed by atoms with van der Waals surface area (Å²) in [5, 5.41) is 12.3. The van der Waals surface area contributed by atoms with Gasteiger partial charge in [0.2, 0.25) is 0 Å². The van der Waals surface area contributed by atoms with Crippen LogP contribution >= 0.6 is 11.6 Å². The molecule has 1 aliphatic heterocycles. The molecule has 1 heterocycles. The summed E-state index contributed by atoms with van der Waals surface area (Å²) in [4.78, 5) is 0. The molecule has 0 spiro atoms. The molecule has 0 amide bonds. The first-order valence-corrected chi connectivity index (χ1v) is 5.09. The lowest BCUT2D eigenvalue weighted by molar-refractivity contribution is 0.303. The van der Waals surface area contributed by atoms with Crippen LogP contribution in [0.3, 0.4) is 0 Å². The van der Waals surface area contributed by atoms with Gasteiger partial charge in [0.15, 0.2) is 0 Å². The van der Waals surface area contributed by atoms with Crippen LogP contribution < -0.4 is 5.32 Å². The summed E-state index contributed by atoms with van der Waals surface area (Å²) in [5.74, 6) is 0.658. The zero-order valence-corrected chi connectivity index (χ0v) is 8.03. The molecule has 0 aromatic heterocycles. The lowest BCUT2D eigenvalue weighted by Gasteiger charge is -2.31. The van der Waals surface area contributed by atoms with Crippen LogP contribution in [0, 0.1) is 11.3 Å². The molecule has 1 atom stereocenters. The molecule has 1 rings (SSSR count). The van der Waals surface area contributed by atoms with E-state index in [1.807, 2.05) is 0 Å². The van der Waals surface area contributed by atoms with Gasteiger partial charge < -0.3 is 0 Å². The number of nitriles is 1. The molecule has 1 aliphatic rings. The van der Waals surface area contributed by atoms with Gasteiger partial charge in [-0.25, -0.2) is 0 Å². The minimum absolute atomic E-state index is 0.257. The fourth-order valence-electron chi connectivity index (χ4n) is 1.70. The van der Waals surface area contributed by atoms with Crippen LogP contribution in [-0.4, -0.2) is 18.0 Å². The molecule has 1 unspecified atom stereocenters. The van der Waals surface area contributed by atoms with Crippen molar-refractivity contribution < 1.29 is 0 Å². The lowest BCUT2D eigenvalue weighted by Crippen LogP contribution is -2.47. The molecule has 0 bridgehead atoms. The first kappa shape index (κ1) is 9.83. The summed E-state index contributed by atoms with van der Waals surface area (Å²) in [6.45, 7) is 0.982. The number of hydrogen-bond acceptors (Lipinski definition) is 2. The highest BCUT2D eigenvalue weighted by molar-refractivity contribution is 6.17. The van der Waals surface area contributed by atoms with Gasteiger partial charge >= 0.3 is 0 Å². The predicted octanol–water partition coefficient (Wildman–Crippen LogP) is 2.04. The molecule has 0 aliphatic carbocycles. The summed E-state index contributed by atoms with van der Waals surface area (Å²) in [5.41, 5.74) is -0.257. The van der Waals surface area contributed by atoms with Crippen molar-refractivity contribution in [3.63, 3.8) is 0 Å². The highest BCUT2D eigenvalue weighted by Crippen LogP contribution is 2.23. The van der Waals surface area contributed by atoms with Crippen LogP contribution in [-0.2, 0) is 0 Å². The van der Waals surface area contributed by atoms with E-state index in [1.54, 1.807) is 0 Å². The minimum atomic E-state index is -0.257. The molecule has 0 aromatic carbocycles. The molecule has 0 radical (unpaired) electrons. The maximum Gasteiger partial charge on any atom is 0.106 e. The van der Waals surface area contributed by atoms with Gasteiger partial charge in [-0.05, 0) is 38.6 Å². The Kier molecular flexibility index (Phi) is 3.84. The molecule has 3 heteroatoms. The van der Waals surface area contributed by atoms with E-state index in [-0.39, 0.29) is 5.54 Å². The summed E-state index contributed by atoms with van der Waals surface area (Å²) < 4.78 is 0. The third kappa shape index (κ3) is 2.36. The lowest BCUT2D eigenvalue weighted by atomic mass is 9.86. The fraction of sp³-hybridized carbons (Fsp3) is 0.889. The SMILES string of the molecule is N#CC1(CCCCl)CCCCN1. The second kappa shape index (κ2) is 4.69. The molecule has 68 valence electrons. The molecule has 0 aromatic rings. The number of nitrogens with zero attached hydrogens (tertiary/aromatic N) is 1. The van der Waals surface area contributed by atoms with E-state index in [0.717, 1.165) is 25.8 Å². The van der Waals surface area contributed by atoms with Crippen molar-refractivity contribution in [3.05, 3.63) is 0 Å². The average Bonchev–Trinajstić information content (AvgIpc) is 2.16. The molecular weight excluding hydrogens is 172 g/mol. The van der Waals surface area contributed by atoms with E-state index >= 15 is 0 Å². The van der Waals surface area contributed by atoms with Gasteiger partial charge in [-0.15, -0.1) is 11.6 Å². The number of alkyl halides is 1. The van der Waals surface area contributed by atoms with E-state index in [1.165, 1.54) is 12.8 Å². The molecule has 2 nitrogen and oxygen atoms in total. The van der Waals surface area contributed by atoms with Crippen molar-refractivity contribution in [2.75, 3.05) is 12.4 Å². The highest BCUT2D eigenvalue weighted by atomic mass is 35.5.